The number of hydrogen-bond donors (Lipinski definition) is 2. The van der Waals surface area contributed by atoms with Crippen molar-refractivity contribution in [2.45, 2.75) is 33.1 Å². The van der Waals surface area contributed by atoms with Crippen LogP contribution in [-0.2, 0) is 4.79 Å². The summed E-state index contributed by atoms with van der Waals surface area (Å²) in [5, 5.41) is 12.1. The van der Waals surface area contributed by atoms with Crippen LogP contribution in [0.15, 0.2) is 0 Å². The Morgan fingerprint density at radius 2 is 2.21 bits per heavy atom. The molecule has 82 valence electrons. The van der Waals surface area contributed by atoms with Gasteiger partial charge in [-0.15, -0.1) is 0 Å². The average molecular weight is 199 g/mol. The van der Waals surface area contributed by atoms with Gasteiger partial charge in [0.05, 0.1) is 0 Å². The van der Waals surface area contributed by atoms with E-state index in [0.717, 1.165) is 25.9 Å². The van der Waals surface area contributed by atoms with E-state index in [2.05, 4.69) is 19.2 Å². The second kappa shape index (κ2) is 5.35. The summed E-state index contributed by atoms with van der Waals surface area (Å²) >= 11 is 0. The number of piperidine rings is 1. The van der Waals surface area contributed by atoms with E-state index in [4.69, 9.17) is 5.11 Å². The zero-order valence-electron chi connectivity index (χ0n) is 9.12. The summed E-state index contributed by atoms with van der Waals surface area (Å²) in [7, 11) is 0. The Bertz CT molecular complexity index is 192. The van der Waals surface area contributed by atoms with Crippen LogP contribution in [0.5, 0.6) is 0 Å². The molecule has 1 fully saturated rings. The largest absolute Gasteiger partial charge is 0.481 e. The SMILES string of the molecule is CC(C)CC1CNCCC1CC(=O)O. The topological polar surface area (TPSA) is 49.3 Å². The Labute approximate surface area is 85.9 Å². The summed E-state index contributed by atoms with van der Waals surface area (Å²) in [5.74, 6) is 0.956. The maximum absolute atomic E-state index is 10.7. The van der Waals surface area contributed by atoms with Crippen molar-refractivity contribution in [3.05, 3.63) is 0 Å². The molecular formula is C11H21NO2. The van der Waals surface area contributed by atoms with E-state index in [9.17, 15) is 4.79 Å². The van der Waals surface area contributed by atoms with Crippen LogP contribution in [0, 0.1) is 17.8 Å². The van der Waals surface area contributed by atoms with Crippen molar-refractivity contribution >= 4 is 5.97 Å². The van der Waals surface area contributed by atoms with Crippen LogP contribution in [0.4, 0.5) is 0 Å². The van der Waals surface area contributed by atoms with Crippen LogP contribution in [-0.4, -0.2) is 24.2 Å². The van der Waals surface area contributed by atoms with Crippen molar-refractivity contribution in [3.63, 3.8) is 0 Å². The molecule has 0 radical (unpaired) electrons. The minimum atomic E-state index is -0.648. The zero-order valence-corrected chi connectivity index (χ0v) is 9.12. The highest BCUT2D eigenvalue weighted by atomic mass is 16.4. The fraction of sp³-hybridized carbons (Fsp3) is 0.909. The van der Waals surface area contributed by atoms with E-state index < -0.39 is 5.97 Å². The van der Waals surface area contributed by atoms with Crippen LogP contribution >= 0.6 is 0 Å². The maximum atomic E-state index is 10.7. The highest BCUT2D eigenvalue weighted by molar-refractivity contribution is 5.67. The number of aliphatic carboxylic acids is 1. The van der Waals surface area contributed by atoms with Gasteiger partial charge in [0.15, 0.2) is 0 Å². The van der Waals surface area contributed by atoms with Crippen molar-refractivity contribution in [1.29, 1.82) is 0 Å². The van der Waals surface area contributed by atoms with Gasteiger partial charge in [0.1, 0.15) is 0 Å². The number of carboxylic acids is 1. The Kier molecular flexibility index (Phi) is 4.39. The zero-order chi connectivity index (χ0) is 10.6. The minimum Gasteiger partial charge on any atom is -0.481 e. The molecule has 14 heavy (non-hydrogen) atoms. The van der Waals surface area contributed by atoms with Gasteiger partial charge < -0.3 is 10.4 Å². The van der Waals surface area contributed by atoms with E-state index >= 15 is 0 Å². The lowest BCUT2D eigenvalue weighted by Crippen LogP contribution is -2.38. The number of nitrogens with one attached hydrogen (secondary N) is 1. The summed E-state index contributed by atoms with van der Waals surface area (Å²) in [6, 6.07) is 0. The summed E-state index contributed by atoms with van der Waals surface area (Å²) in [6.45, 7) is 6.38. The Hall–Kier alpha value is -0.570. The molecular weight excluding hydrogens is 178 g/mol. The molecule has 1 heterocycles. The minimum absolute atomic E-state index is 0.346. The number of rotatable bonds is 4. The highest BCUT2D eigenvalue weighted by Gasteiger charge is 2.27. The molecule has 0 aromatic heterocycles. The van der Waals surface area contributed by atoms with Gasteiger partial charge in [-0.1, -0.05) is 13.8 Å². The molecule has 1 aliphatic rings. The molecule has 0 spiro atoms. The summed E-state index contributed by atoms with van der Waals surface area (Å²) in [5.41, 5.74) is 0. The molecule has 0 saturated carbocycles. The van der Waals surface area contributed by atoms with Crippen LogP contribution in [0.25, 0.3) is 0 Å². The van der Waals surface area contributed by atoms with Gasteiger partial charge in [-0.25, -0.2) is 0 Å². The van der Waals surface area contributed by atoms with Crippen molar-refractivity contribution in [1.82, 2.24) is 5.32 Å². The summed E-state index contributed by atoms with van der Waals surface area (Å²) < 4.78 is 0. The second-order valence-electron chi connectivity index (χ2n) is 4.74. The van der Waals surface area contributed by atoms with Gasteiger partial charge in [-0.2, -0.15) is 0 Å². The van der Waals surface area contributed by atoms with Crippen molar-refractivity contribution in [2.24, 2.45) is 17.8 Å². The predicted octanol–water partition coefficient (Wildman–Crippen LogP) is 1.73. The first-order chi connectivity index (χ1) is 6.59. The van der Waals surface area contributed by atoms with Gasteiger partial charge in [0.25, 0.3) is 0 Å². The molecule has 0 amide bonds. The Balaban J connectivity index is 2.45. The molecule has 3 heteroatoms. The molecule has 2 N–H and O–H groups in total. The van der Waals surface area contributed by atoms with Gasteiger partial charge in [-0.3, -0.25) is 4.79 Å². The normalized spacial score (nSPS) is 27.9. The highest BCUT2D eigenvalue weighted by Crippen LogP contribution is 2.27. The van der Waals surface area contributed by atoms with E-state index in [1.165, 1.54) is 0 Å². The molecule has 0 aromatic rings. The molecule has 2 unspecified atom stereocenters. The summed E-state index contributed by atoms with van der Waals surface area (Å²) in [6.07, 6.45) is 2.51. The van der Waals surface area contributed by atoms with Gasteiger partial charge in [0, 0.05) is 6.42 Å². The maximum Gasteiger partial charge on any atom is 0.303 e. The van der Waals surface area contributed by atoms with Crippen LogP contribution in [0.3, 0.4) is 0 Å². The lowest BCUT2D eigenvalue weighted by molar-refractivity contribution is -0.138. The molecule has 2 atom stereocenters. The van der Waals surface area contributed by atoms with Gasteiger partial charge in [-0.05, 0) is 43.7 Å². The number of hydrogen-bond acceptors (Lipinski definition) is 2. The Morgan fingerprint density at radius 1 is 1.50 bits per heavy atom. The molecule has 3 nitrogen and oxygen atoms in total. The van der Waals surface area contributed by atoms with Crippen LogP contribution in [0.1, 0.15) is 33.1 Å². The fourth-order valence-corrected chi connectivity index (χ4v) is 2.35. The number of carbonyl (C=O) groups is 1. The third kappa shape index (κ3) is 3.66. The van der Waals surface area contributed by atoms with E-state index in [1.807, 2.05) is 0 Å². The molecule has 0 aliphatic carbocycles. The third-order valence-corrected chi connectivity index (χ3v) is 2.98. The molecule has 1 aliphatic heterocycles. The third-order valence-electron chi connectivity index (χ3n) is 2.98. The molecule has 1 saturated heterocycles. The van der Waals surface area contributed by atoms with Crippen molar-refractivity contribution in [2.75, 3.05) is 13.1 Å². The second-order valence-corrected chi connectivity index (χ2v) is 4.74. The first-order valence-corrected chi connectivity index (χ1v) is 5.52. The predicted molar refractivity (Wildman–Crippen MR) is 56.2 cm³/mol. The van der Waals surface area contributed by atoms with E-state index in [-0.39, 0.29) is 0 Å². The summed E-state index contributed by atoms with van der Waals surface area (Å²) in [4.78, 5) is 10.7. The van der Waals surface area contributed by atoms with E-state index in [0.29, 0.717) is 24.2 Å². The van der Waals surface area contributed by atoms with Crippen molar-refractivity contribution < 1.29 is 9.90 Å². The van der Waals surface area contributed by atoms with Gasteiger partial charge >= 0.3 is 5.97 Å². The lowest BCUT2D eigenvalue weighted by atomic mass is 9.79. The van der Waals surface area contributed by atoms with Crippen LogP contribution < -0.4 is 5.32 Å². The quantitative estimate of drug-likeness (QED) is 0.725. The van der Waals surface area contributed by atoms with Crippen LogP contribution in [0.2, 0.25) is 0 Å². The van der Waals surface area contributed by atoms with E-state index in [1.54, 1.807) is 0 Å². The molecule has 0 aromatic carbocycles. The van der Waals surface area contributed by atoms with Gasteiger partial charge in [0.2, 0.25) is 0 Å². The first-order valence-electron chi connectivity index (χ1n) is 5.52. The smallest absolute Gasteiger partial charge is 0.303 e. The average Bonchev–Trinajstić information content (AvgIpc) is 2.06. The van der Waals surface area contributed by atoms with Crippen molar-refractivity contribution in [3.8, 4) is 0 Å². The monoisotopic (exact) mass is 199 g/mol. The lowest BCUT2D eigenvalue weighted by Gasteiger charge is -2.32. The number of carboxylic acid groups (broad SMARTS) is 1. The molecule has 1 rings (SSSR count). The fourth-order valence-electron chi connectivity index (χ4n) is 2.35. The Morgan fingerprint density at radius 3 is 2.79 bits per heavy atom. The standard InChI is InChI=1S/C11H21NO2/c1-8(2)5-10-7-12-4-3-9(10)6-11(13)14/h8-10,12H,3-7H2,1-2H3,(H,13,14). The first kappa shape index (κ1) is 11.5. The molecule has 0 bridgehead atoms.